The molecule has 0 heterocycles. The largest absolute Gasteiger partial charge is 0.462 e. The molecule has 6 nitrogen and oxygen atoms in total. The van der Waals surface area contributed by atoms with Crippen LogP contribution in [0.3, 0.4) is 0 Å². The van der Waals surface area contributed by atoms with E-state index in [9.17, 15) is 14.4 Å². The van der Waals surface area contributed by atoms with Crippen LogP contribution in [0.1, 0.15) is 323 Å². The first-order valence-electron chi connectivity index (χ1n) is 33.2. The molecular weight excluding hydrogens is 961 g/mol. The maximum Gasteiger partial charge on any atom is 0.306 e. The van der Waals surface area contributed by atoms with Gasteiger partial charge >= 0.3 is 17.9 Å². The standard InChI is InChI=1S/C72H124O6/c1-4-7-10-13-16-19-22-24-26-28-29-30-31-32-33-34-35-36-37-38-39-40-41-42-43-45-46-48-50-53-56-59-62-65-71(74)77-68-69(67-76-70(73)64-61-58-55-52-21-18-15-12-9-6-3)78-72(75)66-63-60-57-54-51-49-47-44-27-25-23-20-17-14-11-8-5-2/h7,10,16,19,24,26,29-30,32-33,35-36,38-39,41-42,69H,4-6,8-9,11-15,17-18,20-23,25,27-28,31,34,37,40,43-68H2,1-3H3/b10-7-,19-16-,26-24-,30-29-,33-32-,36-35-,39-38-,42-41-. The molecular formula is C72H124O6. The fourth-order valence-electron chi connectivity index (χ4n) is 9.40. The van der Waals surface area contributed by atoms with Crippen LogP contribution in [-0.4, -0.2) is 37.2 Å². The van der Waals surface area contributed by atoms with Crippen molar-refractivity contribution in [2.24, 2.45) is 0 Å². The Hall–Kier alpha value is -3.67. The smallest absolute Gasteiger partial charge is 0.306 e. The van der Waals surface area contributed by atoms with Gasteiger partial charge in [-0.2, -0.15) is 0 Å². The second-order valence-electron chi connectivity index (χ2n) is 22.0. The van der Waals surface area contributed by atoms with Crippen molar-refractivity contribution in [3.63, 3.8) is 0 Å². The highest BCUT2D eigenvalue weighted by Gasteiger charge is 2.19. The lowest BCUT2D eigenvalue weighted by atomic mass is 10.0. The summed E-state index contributed by atoms with van der Waals surface area (Å²) in [5, 5.41) is 0. The summed E-state index contributed by atoms with van der Waals surface area (Å²) < 4.78 is 16.9. The van der Waals surface area contributed by atoms with Crippen LogP contribution in [0.2, 0.25) is 0 Å². The van der Waals surface area contributed by atoms with Crippen LogP contribution in [0.25, 0.3) is 0 Å². The summed E-state index contributed by atoms with van der Waals surface area (Å²) in [7, 11) is 0. The van der Waals surface area contributed by atoms with E-state index in [0.29, 0.717) is 19.3 Å². The van der Waals surface area contributed by atoms with Crippen LogP contribution < -0.4 is 0 Å². The molecule has 0 aromatic rings. The minimum absolute atomic E-state index is 0.0748. The first-order valence-corrected chi connectivity index (χ1v) is 33.2. The molecule has 0 saturated carbocycles. The summed E-state index contributed by atoms with van der Waals surface area (Å²) in [6.45, 7) is 6.54. The maximum absolute atomic E-state index is 12.9. The Balaban J connectivity index is 4.20. The van der Waals surface area contributed by atoms with Crippen molar-refractivity contribution in [1.29, 1.82) is 0 Å². The van der Waals surface area contributed by atoms with Crippen molar-refractivity contribution in [2.75, 3.05) is 13.2 Å². The molecule has 1 atom stereocenters. The molecule has 0 amide bonds. The summed E-state index contributed by atoms with van der Waals surface area (Å²) in [6.07, 6.45) is 88.5. The lowest BCUT2D eigenvalue weighted by molar-refractivity contribution is -0.167. The molecule has 0 rings (SSSR count). The van der Waals surface area contributed by atoms with Crippen LogP contribution >= 0.6 is 0 Å². The quantitative estimate of drug-likeness (QED) is 0.0261. The average Bonchev–Trinajstić information content (AvgIpc) is 3.44. The second kappa shape index (κ2) is 65.8. The van der Waals surface area contributed by atoms with E-state index in [-0.39, 0.29) is 31.1 Å². The molecule has 0 aliphatic rings. The number of ether oxygens (including phenoxy) is 3. The Morgan fingerprint density at radius 3 is 0.782 bits per heavy atom. The highest BCUT2D eigenvalue weighted by molar-refractivity contribution is 5.71. The fourth-order valence-corrected chi connectivity index (χ4v) is 9.40. The van der Waals surface area contributed by atoms with E-state index in [1.165, 1.54) is 167 Å². The second-order valence-corrected chi connectivity index (χ2v) is 22.0. The van der Waals surface area contributed by atoms with Crippen molar-refractivity contribution in [2.45, 2.75) is 329 Å². The molecule has 6 heteroatoms. The first kappa shape index (κ1) is 74.3. The molecule has 0 aromatic carbocycles. The lowest BCUT2D eigenvalue weighted by Crippen LogP contribution is -2.30. The van der Waals surface area contributed by atoms with E-state index < -0.39 is 6.10 Å². The Bertz CT molecular complexity index is 1530. The van der Waals surface area contributed by atoms with Crippen LogP contribution in [0, 0.1) is 0 Å². The Morgan fingerprint density at radius 1 is 0.269 bits per heavy atom. The van der Waals surface area contributed by atoms with Crippen LogP contribution in [0.15, 0.2) is 97.2 Å². The van der Waals surface area contributed by atoms with Gasteiger partial charge < -0.3 is 14.2 Å². The van der Waals surface area contributed by atoms with Crippen molar-refractivity contribution in [1.82, 2.24) is 0 Å². The number of rotatable bonds is 60. The van der Waals surface area contributed by atoms with Gasteiger partial charge in [0.15, 0.2) is 6.10 Å². The van der Waals surface area contributed by atoms with Crippen LogP contribution in [0.5, 0.6) is 0 Å². The molecule has 0 spiro atoms. The predicted molar refractivity (Wildman–Crippen MR) is 339 cm³/mol. The SMILES string of the molecule is CC/C=C\C/C=C\C/C=C\C/C=C\C/C=C\C/C=C\C/C=C\C/C=C\CCCCCCCCCCC(=O)OCC(COC(=O)CCCCCCCCCCCC)OC(=O)CCCCCCCCCCCCCCCCCCC. The molecule has 1 unspecified atom stereocenters. The van der Waals surface area contributed by atoms with E-state index in [1.54, 1.807) is 0 Å². The number of hydrogen-bond donors (Lipinski definition) is 0. The summed E-state index contributed by atoms with van der Waals surface area (Å²) in [5.74, 6) is -0.871. The zero-order valence-electron chi connectivity index (χ0n) is 51.4. The van der Waals surface area contributed by atoms with E-state index in [2.05, 4.69) is 118 Å². The molecule has 0 radical (unpaired) electrons. The molecule has 0 aromatic heterocycles. The Morgan fingerprint density at radius 2 is 0.500 bits per heavy atom. The normalized spacial score (nSPS) is 12.7. The first-order chi connectivity index (χ1) is 38.5. The number of carbonyl (C=O) groups excluding carboxylic acids is 3. The van der Waals surface area contributed by atoms with Crippen LogP contribution in [-0.2, 0) is 28.6 Å². The zero-order valence-corrected chi connectivity index (χ0v) is 51.4. The van der Waals surface area contributed by atoms with Crippen molar-refractivity contribution < 1.29 is 28.6 Å². The Kier molecular flexibility index (Phi) is 62.7. The average molecular weight is 1090 g/mol. The van der Waals surface area contributed by atoms with Gasteiger partial charge in [-0.3, -0.25) is 14.4 Å². The summed E-state index contributed by atoms with van der Waals surface area (Å²) in [6, 6.07) is 0. The van der Waals surface area contributed by atoms with Gasteiger partial charge in [0.2, 0.25) is 0 Å². The van der Waals surface area contributed by atoms with Gasteiger partial charge in [0.1, 0.15) is 13.2 Å². The highest BCUT2D eigenvalue weighted by atomic mass is 16.6. The molecule has 0 aliphatic carbocycles. The number of carbonyl (C=O) groups is 3. The van der Waals surface area contributed by atoms with Gasteiger partial charge in [-0.1, -0.05) is 317 Å². The molecule has 0 aliphatic heterocycles. The number of unbranched alkanes of at least 4 members (excludes halogenated alkanes) is 33. The van der Waals surface area contributed by atoms with Gasteiger partial charge in [0, 0.05) is 19.3 Å². The van der Waals surface area contributed by atoms with Gasteiger partial charge in [-0.25, -0.2) is 0 Å². The topological polar surface area (TPSA) is 78.9 Å². The fraction of sp³-hybridized carbons (Fsp3) is 0.736. The molecule has 0 fully saturated rings. The van der Waals surface area contributed by atoms with Gasteiger partial charge in [-0.15, -0.1) is 0 Å². The van der Waals surface area contributed by atoms with E-state index in [4.69, 9.17) is 14.2 Å². The summed E-state index contributed by atoms with van der Waals surface area (Å²) in [4.78, 5) is 38.2. The van der Waals surface area contributed by atoms with E-state index >= 15 is 0 Å². The van der Waals surface area contributed by atoms with Crippen molar-refractivity contribution >= 4 is 17.9 Å². The summed E-state index contributed by atoms with van der Waals surface area (Å²) in [5.41, 5.74) is 0. The van der Waals surface area contributed by atoms with Crippen molar-refractivity contribution in [3.05, 3.63) is 97.2 Å². The third kappa shape index (κ3) is 63.2. The third-order valence-corrected chi connectivity index (χ3v) is 14.4. The molecule has 0 N–H and O–H groups in total. The number of hydrogen-bond acceptors (Lipinski definition) is 6. The molecule has 0 bridgehead atoms. The van der Waals surface area contributed by atoms with E-state index in [1.807, 2.05) is 0 Å². The zero-order chi connectivity index (χ0) is 56.4. The lowest BCUT2D eigenvalue weighted by Gasteiger charge is -2.18. The third-order valence-electron chi connectivity index (χ3n) is 14.4. The predicted octanol–water partition coefficient (Wildman–Crippen LogP) is 22.8. The highest BCUT2D eigenvalue weighted by Crippen LogP contribution is 2.17. The van der Waals surface area contributed by atoms with Crippen LogP contribution in [0.4, 0.5) is 0 Å². The number of esters is 3. The summed E-state index contributed by atoms with van der Waals surface area (Å²) >= 11 is 0. The monoisotopic (exact) mass is 1080 g/mol. The van der Waals surface area contributed by atoms with Gasteiger partial charge in [0.05, 0.1) is 0 Å². The maximum atomic E-state index is 12.9. The van der Waals surface area contributed by atoms with Gasteiger partial charge in [-0.05, 0) is 83.5 Å². The van der Waals surface area contributed by atoms with Gasteiger partial charge in [0.25, 0.3) is 0 Å². The molecule has 78 heavy (non-hydrogen) atoms. The minimum atomic E-state index is -0.777. The molecule has 0 saturated heterocycles. The van der Waals surface area contributed by atoms with E-state index in [0.717, 1.165) is 116 Å². The molecule has 448 valence electrons. The minimum Gasteiger partial charge on any atom is -0.462 e. The Labute approximate surface area is 483 Å². The van der Waals surface area contributed by atoms with Crippen molar-refractivity contribution in [3.8, 4) is 0 Å². The number of allylic oxidation sites excluding steroid dienone is 16.